The molecule has 6 nitrogen and oxygen atoms in total. The van der Waals surface area contributed by atoms with Crippen LogP contribution in [0.25, 0.3) is 0 Å². The number of esters is 1. The van der Waals surface area contributed by atoms with Gasteiger partial charge in [-0.25, -0.2) is 0 Å². The number of carbonyl (C=O) groups excluding carboxylic acids is 2. The van der Waals surface area contributed by atoms with Crippen LogP contribution in [0.2, 0.25) is 0 Å². The van der Waals surface area contributed by atoms with Crippen LogP contribution in [-0.4, -0.2) is 47.4 Å². The first-order chi connectivity index (χ1) is 32.5. The van der Waals surface area contributed by atoms with Crippen molar-refractivity contribution in [2.75, 3.05) is 13.2 Å². The van der Waals surface area contributed by atoms with Gasteiger partial charge in [0.25, 0.3) is 0 Å². The first-order valence-corrected chi connectivity index (χ1v) is 28.9. The molecule has 0 radical (unpaired) electrons. The van der Waals surface area contributed by atoms with Gasteiger partial charge in [0.15, 0.2) is 0 Å². The van der Waals surface area contributed by atoms with Crippen LogP contribution in [0.4, 0.5) is 0 Å². The standard InChI is InChI=1S/C60H111NO5/c1-3-5-7-9-11-13-14-15-27-31-34-38-42-46-50-54-60(65)66-55-51-47-43-39-35-32-29-26-24-22-20-18-16-17-19-21-23-25-28-30-33-37-41-45-49-53-59(64)61-57(56-62)58(63)52-48-44-40-36-12-10-8-6-4-2/h11,13,15,17-20,27,57-58,62-63H,3-10,12,14,16,21-26,28-56H2,1-2H3,(H,61,64)/b13-11-,19-17-,20-18-,27-15-. The highest BCUT2D eigenvalue weighted by molar-refractivity contribution is 5.76. The van der Waals surface area contributed by atoms with Gasteiger partial charge in [0.05, 0.1) is 25.4 Å². The Hall–Kier alpha value is -2.18. The summed E-state index contributed by atoms with van der Waals surface area (Å²) in [6.07, 6.45) is 69.7. The number of rotatable bonds is 53. The van der Waals surface area contributed by atoms with Crippen LogP contribution in [0, 0.1) is 0 Å². The number of aliphatic hydroxyl groups excluding tert-OH is 2. The third-order valence-corrected chi connectivity index (χ3v) is 13.1. The molecule has 2 atom stereocenters. The number of nitrogens with one attached hydrogen (secondary N) is 1. The van der Waals surface area contributed by atoms with Crippen molar-refractivity contribution < 1.29 is 24.5 Å². The van der Waals surface area contributed by atoms with Gasteiger partial charge in [-0.1, -0.05) is 242 Å². The number of carbonyl (C=O) groups is 2. The van der Waals surface area contributed by atoms with Crippen molar-refractivity contribution in [3.05, 3.63) is 48.6 Å². The van der Waals surface area contributed by atoms with Gasteiger partial charge in [-0.05, 0) is 89.9 Å². The lowest BCUT2D eigenvalue weighted by Gasteiger charge is -2.22. The molecule has 1 amide bonds. The Labute approximate surface area is 410 Å². The van der Waals surface area contributed by atoms with E-state index in [4.69, 9.17) is 4.74 Å². The van der Waals surface area contributed by atoms with Gasteiger partial charge in [0.2, 0.25) is 5.91 Å². The van der Waals surface area contributed by atoms with Crippen LogP contribution < -0.4 is 5.32 Å². The van der Waals surface area contributed by atoms with Crippen LogP contribution in [0.5, 0.6) is 0 Å². The molecule has 3 N–H and O–H groups in total. The molecule has 0 aliphatic rings. The highest BCUT2D eigenvalue weighted by Crippen LogP contribution is 2.16. The van der Waals surface area contributed by atoms with E-state index in [1.54, 1.807) is 0 Å². The molecule has 0 fully saturated rings. The predicted molar refractivity (Wildman–Crippen MR) is 287 cm³/mol. The van der Waals surface area contributed by atoms with Gasteiger partial charge in [-0.2, -0.15) is 0 Å². The van der Waals surface area contributed by atoms with Gasteiger partial charge in [-0.3, -0.25) is 9.59 Å². The normalized spacial score (nSPS) is 13.0. The first kappa shape index (κ1) is 63.8. The lowest BCUT2D eigenvalue weighted by Crippen LogP contribution is -2.45. The van der Waals surface area contributed by atoms with E-state index in [0.717, 1.165) is 57.8 Å². The molecular formula is C60H111NO5. The minimum absolute atomic E-state index is 0.00570. The summed E-state index contributed by atoms with van der Waals surface area (Å²) in [7, 11) is 0. The monoisotopic (exact) mass is 926 g/mol. The summed E-state index contributed by atoms with van der Waals surface area (Å²) in [6, 6.07) is -0.545. The third-order valence-electron chi connectivity index (χ3n) is 13.1. The maximum atomic E-state index is 12.4. The van der Waals surface area contributed by atoms with Crippen molar-refractivity contribution in [3.8, 4) is 0 Å². The van der Waals surface area contributed by atoms with Gasteiger partial charge in [0, 0.05) is 12.8 Å². The lowest BCUT2D eigenvalue weighted by atomic mass is 10.0. The maximum Gasteiger partial charge on any atom is 0.305 e. The van der Waals surface area contributed by atoms with E-state index in [1.165, 1.54) is 205 Å². The number of unbranched alkanes of at least 4 members (excludes halogenated alkanes) is 34. The van der Waals surface area contributed by atoms with E-state index < -0.39 is 12.1 Å². The number of hydrogen-bond donors (Lipinski definition) is 3. The van der Waals surface area contributed by atoms with Crippen LogP contribution in [0.15, 0.2) is 48.6 Å². The largest absolute Gasteiger partial charge is 0.466 e. The quantitative estimate of drug-likeness (QED) is 0.0321. The molecule has 386 valence electrons. The van der Waals surface area contributed by atoms with E-state index in [0.29, 0.717) is 25.9 Å². The molecular weight excluding hydrogens is 815 g/mol. The van der Waals surface area contributed by atoms with Crippen LogP contribution in [0.3, 0.4) is 0 Å². The summed E-state index contributed by atoms with van der Waals surface area (Å²) in [4.78, 5) is 24.4. The van der Waals surface area contributed by atoms with Crippen LogP contribution >= 0.6 is 0 Å². The topological polar surface area (TPSA) is 95.9 Å². The molecule has 0 aromatic heterocycles. The molecule has 0 rings (SSSR count). The molecule has 0 saturated heterocycles. The Morgan fingerprint density at radius 1 is 0.424 bits per heavy atom. The number of allylic oxidation sites excluding steroid dienone is 8. The third kappa shape index (κ3) is 51.2. The smallest absolute Gasteiger partial charge is 0.305 e. The van der Waals surface area contributed by atoms with Crippen molar-refractivity contribution in [2.45, 2.75) is 309 Å². The molecule has 0 bridgehead atoms. The van der Waals surface area contributed by atoms with Gasteiger partial charge < -0.3 is 20.3 Å². The van der Waals surface area contributed by atoms with E-state index in [9.17, 15) is 19.8 Å². The number of hydrogen-bond acceptors (Lipinski definition) is 5. The summed E-state index contributed by atoms with van der Waals surface area (Å²) in [6.45, 7) is 4.89. The van der Waals surface area contributed by atoms with Gasteiger partial charge >= 0.3 is 5.97 Å². The second-order valence-electron chi connectivity index (χ2n) is 19.6. The summed E-state index contributed by atoms with van der Waals surface area (Å²) >= 11 is 0. The Morgan fingerprint density at radius 3 is 1.18 bits per heavy atom. The van der Waals surface area contributed by atoms with E-state index in [-0.39, 0.29) is 18.5 Å². The maximum absolute atomic E-state index is 12.4. The first-order valence-electron chi connectivity index (χ1n) is 28.9. The molecule has 0 aliphatic carbocycles. The van der Waals surface area contributed by atoms with Gasteiger partial charge in [-0.15, -0.1) is 0 Å². The number of amides is 1. The number of ether oxygens (including phenoxy) is 1. The molecule has 66 heavy (non-hydrogen) atoms. The fourth-order valence-electron chi connectivity index (χ4n) is 8.64. The van der Waals surface area contributed by atoms with Crippen molar-refractivity contribution in [3.63, 3.8) is 0 Å². The fraction of sp³-hybridized carbons (Fsp3) is 0.833. The summed E-state index contributed by atoms with van der Waals surface area (Å²) in [5, 5.41) is 23.1. The Balaban J connectivity index is 3.42. The van der Waals surface area contributed by atoms with E-state index in [1.807, 2.05) is 0 Å². The molecule has 6 heteroatoms. The second-order valence-corrected chi connectivity index (χ2v) is 19.6. The minimum atomic E-state index is -0.666. The van der Waals surface area contributed by atoms with Crippen molar-refractivity contribution in [1.82, 2.24) is 5.32 Å². The molecule has 2 unspecified atom stereocenters. The highest BCUT2D eigenvalue weighted by atomic mass is 16.5. The summed E-state index contributed by atoms with van der Waals surface area (Å²) < 4.78 is 5.47. The summed E-state index contributed by atoms with van der Waals surface area (Å²) in [5.74, 6) is -0.0500. The van der Waals surface area contributed by atoms with Crippen molar-refractivity contribution in [1.29, 1.82) is 0 Å². The Bertz CT molecular complexity index is 1110. The minimum Gasteiger partial charge on any atom is -0.466 e. The second kappa shape index (κ2) is 55.4. The zero-order valence-corrected chi connectivity index (χ0v) is 43.9. The van der Waals surface area contributed by atoms with Crippen molar-refractivity contribution in [2.24, 2.45) is 0 Å². The molecule has 0 aliphatic heterocycles. The van der Waals surface area contributed by atoms with Crippen molar-refractivity contribution >= 4 is 11.9 Å². The SMILES string of the molecule is CCCCC/C=C\C/C=C\CCCCCCCC(=O)OCCCCCCCCCCC/C=C\C/C=C\CCCCCCCCCCCC(=O)NC(CO)C(O)CCCCCCCCCCC. The van der Waals surface area contributed by atoms with E-state index >= 15 is 0 Å². The average Bonchev–Trinajstić information content (AvgIpc) is 3.32. The highest BCUT2D eigenvalue weighted by Gasteiger charge is 2.20. The van der Waals surface area contributed by atoms with Crippen LogP contribution in [0.1, 0.15) is 296 Å². The summed E-state index contributed by atoms with van der Waals surface area (Å²) in [5.41, 5.74) is 0. The Kier molecular flexibility index (Phi) is 53.6. The van der Waals surface area contributed by atoms with E-state index in [2.05, 4.69) is 67.8 Å². The molecule has 0 spiro atoms. The molecule has 0 aromatic rings. The lowest BCUT2D eigenvalue weighted by molar-refractivity contribution is -0.143. The average molecular weight is 927 g/mol. The number of aliphatic hydroxyl groups is 2. The fourth-order valence-corrected chi connectivity index (χ4v) is 8.64. The molecule has 0 saturated carbocycles. The molecule has 0 heterocycles. The van der Waals surface area contributed by atoms with Gasteiger partial charge in [0.1, 0.15) is 0 Å². The van der Waals surface area contributed by atoms with Crippen LogP contribution in [-0.2, 0) is 14.3 Å². The zero-order valence-electron chi connectivity index (χ0n) is 43.9. The Morgan fingerprint density at radius 2 is 0.758 bits per heavy atom. The molecule has 0 aromatic carbocycles. The predicted octanol–water partition coefficient (Wildman–Crippen LogP) is 17.8. The zero-order chi connectivity index (χ0) is 47.9.